The van der Waals surface area contributed by atoms with Crippen molar-refractivity contribution in [3.63, 3.8) is 0 Å². The molecule has 2 heterocycles. The summed E-state index contributed by atoms with van der Waals surface area (Å²) in [5.74, 6) is 0.980. The molecule has 3 rings (SSSR count). The van der Waals surface area contributed by atoms with Crippen molar-refractivity contribution in [2.45, 2.75) is 19.9 Å². The number of H-pyrrole nitrogens is 1. The predicted octanol–water partition coefficient (Wildman–Crippen LogP) is 1.36. The third kappa shape index (κ3) is 1.82. The molecule has 1 aliphatic rings. The molecule has 2 aromatic rings. The Morgan fingerprint density at radius 2 is 2.26 bits per heavy atom. The van der Waals surface area contributed by atoms with Crippen LogP contribution in [0.4, 0.5) is 5.69 Å². The van der Waals surface area contributed by atoms with Gasteiger partial charge in [-0.15, -0.1) is 0 Å². The lowest BCUT2D eigenvalue weighted by molar-refractivity contribution is -0.117. The molecule has 0 fully saturated rings. The van der Waals surface area contributed by atoms with E-state index in [9.17, 15) is 4.79 Å². The predicted molar refractivity (Wildman–Crippen MR) is 73.8 cm³/mol. The minimum atomic E-state index is 0.129. The van der Waals surface area contributed by atoms with Crippen LogP contribution in [0.2, 0.25) is 0 Å². The average molecular weight is 256 g/mol. The molecule has 0 unspecified atom stereocenters. The van der Waals surface area contributed by atoms with Crippen LogP contribution in [0.3, 0.4) is 0 Å². The van der Waals surface area contributed by atoms with E-state index < -0.39 is 0 Å². The summed E-state index contributed by atoms with van der Waals surface area (Å²) >= 11 is 0. The molecule has 1 aromatic heterocycles. The maximum atomic E-state index is 11.7. The summed E-state index contributed by atoms with van der Waals surface area (Å²) in [6, 6.07) is 5.99. The molecule has 0 radical (unpaired) electrons. The van der Waals surface area contributed by atoms with Gasteiger partial charge in [-0.1, -0.05) is 6.07 Å². The number of hydrogen-bond donors (Lipinski definition) is 2. The average Bonchev–Trinajstić information content (AvgIpc) is 2.91. The highest BCUT2D eigenvalue weighted by atomic mass is 16.2. The smallest absolute Gasteiger partial charge is 0.231 e. The van der Waals surface area contributed by atoms with E-state index in [1.165, 1.54) is 0 Å². The number of rotatable bonds is 2. The summed E-state index contributed by atoms with van der Waals surface area (Å²) in [7, 11) is 1.80. The Labute approximate surface area is 111 Å². The van der Waals surface area contributed by atoms with Crippen LogP contribution in [0.5, 0.6) is 0 Å². The van der Waals surface area contributed by atoms with Gasteiger partial charge in [-0.05, 0) is 24.6 Å². The van der Waals surface area contributed by atoms with Gasteiger partial charge in [0, 0.05) is 24.8 Å². The number of benzene rings is 1. The first-order chi connectivity index (χ1) is 9.10. The topological polar surface area (TPSA) is 75.0 Å². The molecule has 19 heavy (non-hydrogen) atoms. The van der Waals surface area contributed by atoms with Gasteiger partial charge in [-0.25, -0.2) is 4.98 Å². The van der Waals surface area contributed by atoms with Gasteiger partial charge in [0.05, 0.1) is 17.8 Å². The minimum Gasteiger partial charge on any atom is -0.345 e. The molecule has 1 aromatic carbocycles. The molecule has 98 valence electrons. The number of aromatic amines is 1. The summed E-state index contributed by atoms with van der Waals surface area (Å²) in [5, 5.41) is 0. The molecule has 0 atom stereocenters. The lowest BCUT2D eigenvalue weighted by Gasteiger charge is -2.10. The fraction of sp³-hybridized carbons (Fsp3) is 0.286. The highest BCUT2D eigenvalue weighted by Gasteiger charge is 2.24. The summed E-state index contributed by atoms with van der Waals surface area (Å²) in [4.78, 5) is 21.0. The number of anilines is 1. The number of carbonyl (C=O) groups excluding carboxylic acids is 1. The molecule has 0 spiro atoms. The monoisotopic (exact) mass is 256 g/mol. The van der Waals surface area contributed by atoms with Crippen LogP contribution in [-0.2, 0) is 17.8 Å². The van der Waals surface area contributed by atoms with Crippen molar-refractivity contribution in [3.05, 3.63) is 35.3 Å². The molecule has 3 N–H and O–H groups in total. The normalized spacial score (nSPS) is 14.1. The van der Waals surface area contributed by atoms with Gasteiger partial charge in [0.25, 0.3) is 0 Å². The standard InChI is InChI=1S/C14H16N4O/c1-8-16-11(7-15)14(17-8)9-3-4-12-10(5-9)6-13(19)18(12)2/h3-5H,6-7,15H2,1-2H3,(H,16,17). The highest BCUT2D eigenvalue weighted by Crippen LogP contribution is 2.32. The Kier molecular flexibility index (Phi) is 2.64. The second kappa shape index (κ2) is 4.20. The van der Waals surface area contributed by atoms with Crippen molar-refractivity contribution in [2.24, 2.45) is 5.73 Å². The SMILES string of the molecule is Cc1nc(-c2ccc3c(c2)CC(=O)N3C)c(CN)[nH]1. The van der Waals surface area contributed by atoms with Crippen LogP contribution < -0.4 is 10.6 Å². The van der Waals surface area contributed by atoms with Crippen LogP contribution in [0, 0.1) is 6.92 Å². The molecule has 1 amide bonds. The minimum absolute atomic E-state index is 0.129. The number of nitrogens with zero attached hydrogens (tertiary/aromatic N) is 2. The van der Waals surface area contributed by atoms with Crippen LogP contribution in [0.25, 0.3) is 11.3 Å². The quantitative estimate of drug-likeness (QED) is 0.852. The molecule has 0 saturated carbocycles. The van der Waals surface area contributed by atoms with Crippen molar-refractivity contribution >= 4 is 11.6 Å². The van der Waals surface area contributed by atoms with Gasteiger partial charge in [0.1, 0.15) is 5.82 Å². The van der Waals surface area contributed by atoms with Gasteiger partial charge in [0.15, 0.2) is 0 Å². The van der Waals surface area contributed by atoms with Gasteiger partial charge in [-0.2, -0.15) is 0 Å². The summed E-state index contributed by atoms with van der Waals surface area (Å²) in [5.41, 5.74) is 10.6. The number of aromatic nitrogens is 2. The summed E-state index contributed by atoms with van der Waals surface area (Å²) in [6.45, 7) is 2.33. The fourth-order valence-electron chi connectivity index (χ4n) is 2.54. The van der Waals surface area contributed by atoms with Crippen LogP contribution in [0.1, 0.15) is 17.1 Å². The Morgan fingerprint density at radius 1 is 1.47 bits per heavy atom. The third-order valence-corrected chi connectivity index (χ3v) is 3.53. The van der Waals surface area contributed by atoms with Gasteiger partial charge in [0.2, 0.25) is 5.91 Å². The van der Waals surface area contributed by atoms with E-state index >= 15 is 0 Å². The molecular formula is C14H16N4O. The van der Waals surface area contributed by atoms with Crippen LogP contribution >= 0.6 is 0 Å². The van der Waals surface area contributed by atoms with Crippen molar-refractivity contribution in [2.75, 3.05) is 11.9 Å². The number of likely N-dealkylation sites (N-methyl/N-ethyl adjacent to an activating group) is 1. The van der Waals surface area contributed by atoms with E-state index in [-0.39, 0.29) is 5.91 Å². The van der Waals surface area contributed by atoms with E-state index in [0.717, 1.165) is 34.0 Å². The fourth-order valence-corrected chi connectivity index (χ4v) is 2.54. The van der Waals surface area contributed by atoms with Gasteiger partial charge < -0.3 is 15.6 Å². The molecule has 0 bridgehead atoms. The van der Waals surface area contributed by atoms with E-state index in [1.807, 2.05) is 25.1 Å². The lowest BCUT2D eigenvalue weighted by Crippen LogP contribution is -2.20. The zero-order valence-corrected chi connectivity index (χ0v) is 11.0. The Morgan fingerprint density at radius 3 is 3.00 bits per heavy atom. The number of fused-ring (bicyclic) bond motifs is 1. The zero-order chi connectivity index (χ0) is 13.6. The van der Waals surface area contributed by atoms with Crippen molar-refractivity contribution in [1.29, 1.82) is 0 Å². The molecule has 5 heteroatoms. The maximum Gasteiger partial charge on any atom is 0.231 e. The van der Waals surface area contributed by atoms with Crippen molar-refractivity contribution in [1.82, 2.24) is 9.97 Å². The van der Waals surface area contributed by atoms with Crippen LogP contribution in [0.15, 0.2) is 18.2 Å². The number of nitrogens with two attached hydrogens (primary N) is 1. The largest absolute Gasteiger partial charge is 0.345 e. The zero-order valence-electron chi connectivity index (χ0n) is 11.0. The maximum absolute atomic E-state index is 11.7. The first kappa shape index (κ1) is 11.9. The number of hydrogen-bond acceptors (Lipinski definition) is 3. The van der Waals surface area contributed by atoms with Gasteiger partial charge >= 0.3 is 0 Å². The summed E-state index contributed by atoms with van der Waals surface area (Å²) in [6.07, 6.45) is 0.459. The first-order valence-electron chi connectivity index (χ1n) is 6.25. The number of imidazole rings is 1. The lowest BCUT2D eigenvalue weighted by atomic mass is 10.0. The third-order valence-electron chi connectivity index (χ3n) is 3.53. The second-order valence-electron chi connectivity index (χ2n) is 4.83. The Balaban J connectivity index is 2.08. The molecule has 5 nitrogen and oxygen atoms in total. The van der Waals surface area contributed by atoms with Crippen molar-refractivity contribution < 1.29 is 4.79 Å². The molecular weight excluding hydrogens is 240 g/mol. The highest BCUT2D eigenvalue weighted by molar-refractivity contribution is 6.01. The number of amides is 1. The Hall–Kier alpha value is -2.14. The molecule has 0 saturated heterocycles. The van der Waals surface area contributed by atoms with E-state index in [4.69, 9.17) is 5.73 Å². The molecule has 0 aliphatic carbocycles. The van der Waals surface area contributed by atoms with Gasteiger partial charge in [-0.3, -0.25) is 4.79 Å². The second-order valence-corrected chi connectivity index (χ2v) is 4.83. The summed E-state index contributed by atoms with van der Waals surface area (Å²) < 4.78 is 0. The number of aryl methyl sites for hydroxylation is 1. The number of nitrogens with one attached hydrogen (secondary N) is 1. The molecule has 1 aliphatic heterocycles. The van der Waals surface area contributed by atoms with E-state index in [1.54, 1.807) is 11.9 Å². The van der Waals surface area contributed by atoms with Crippen LogP contribution in [-0.4, -0.2) is 22.9 Å². The van der Waals surface area contributed by atoms with E-state index in [0.29, 0.717) is 13.0 Å². The van der Waals surface area contributed by atoms with E-state index in [2.05, 4.69) is 9.97 Å². The first-order valence-corrected chi connectivity index (χ1v) is 6.25. The Bertz CT molecular complexity index is 659. The number of carbonyl (C=O) groups is 1. The van der Waals surface area contributed by atoms with Crippen molar-refractivity contribution in [3.8, 4) is 11.3 Å².